The predicted molar refractivity (Wildman–Crippen MR) is 105 cm³/mol. The van der Waals surface area contributed by atoms with Crippen molar-refractivity contribution < 1.29 is 18.7 Å². The van der Waals surface area contributed by atoms with E-state index < -0.39 is 5.97 Å². The summed E-state index contributed by atoms with van der Waals surface area (Å²) in [6, 6.07) is 9.81. The van der Waals surface area contributed by atoms with Gasteiger partial charge in [0.25, 0.3) is 5.22 Å². The Hall–Kier alpha value is -2.87. The Morgan fingerprint density at radius 3 is 2.64 bits per heavy atom. The number of thioether (sulfide) groups is 1. The molecule has 0 fully saturated rings. The van der Waals surface area contributed by atoms with E-state index in [1.807, 2.05) is 30.3 Å². The SMILES string of the molecule is CCOC(=O)c1c(C)[nH]c(C(=O)CSc2nnc(Cc3ccccc3)o2)c1C. The van der Waals surface area contributed by atoms with Gasteiger partial charge >= 0.3 is 5.97 Å². The lowest BCUT2D eigenvalue weighted by Crippen LogP contribution is -2.08. The number of nitrogens with zero attached hydrogens (tertiary/aromatic N) is 2. The number of esters is 1. The molecule has 0 aliphatic heterocycles. The lowest BCUT2D eigenvalue weighted by molar-refractivity contribution is 0.0525. The van der Waals surface area contributed by atoms with Crippen LogP contribution in [0.5, 0.6) is 0 Å². The zero-order valence-corrected chi connectivity index (χ0v) is 16.8. The monoisotopic (exact) mass is 399 g/mol. The summed E-state index contributed by atoms with van der Waals surface area (Å²) in [6.07, 6.45) is 0.542. The lowest BCUT2D eigenvalue weighted by atomic mass is 10.1. The molecule has 8 heteroatoms. The smallest absolute Gasteiger partial charge is 0.340 e. The van der Waals surface area contributed by atoms with Crippen molar-refractivity contribution >= 4 is 23.5 Å². The molecule has 0 bridgehead atoms. The highest BCUT2D eigenvalue weighted by Gasteiger charge is 2.23. The molecule has 2 heterocycles. The zero-order valence-electron chi connectivity index (χ0n) is 15.9. The van der Waals surface area contributed by atoms with Crippen LogP contribution in [0.3, 0.4) is 0 Å². The number of aryl methyl sites for hydroxylation is 1. The summed E-state index contributed by atoms with van der Waals surface area (Å²) in [4.78, 5) is 27.6. The van der Waals surface area contributed by atoms with E-state index in [0.717, 1.165) is 5.56 Å². The number of carbonyl (C=O) groups excluding carboxylic acids is 2. The first kappa shape index (κ1) is 19.9. The van der Waals surface area contributed by atoms with Gasteiger partial charge in [0.05, 0.1) is 30.0 Å². The van der Waals surface area contributed by atoms with E-state index in [9.17, 15) is 9.59 Å². The molecule has 0 atom stereocenters. The second-order valence-corrected chi connectivity index (χ2v) is 7.11. The second-order valence-electron chi connectivity index (χ2n) is 6.18. The van der Waals surface area contributed by atoms with Crippen molar-refractivity contribution in [2.75, 3.05) is 12.4 Å². The van der Waals surface area contributed by atoms with Crippen LogP contribution in [0.15, 0.2) is 40.0 Å². The molecule has 0 aliphatic rings. The van der Waals surface area contributed by atoms with Crippen LogP contribution in [0, 0.1) is 13.8 Å². The second kappa shape index (κ2) is 8.88. The van der Waals surface area contributed by atoms with Gasteiger partial charge in [-0.2, -0.15) is 0 Å². The standard InChI is InChI=1S/C20H21N3O4S/c1-4-26-19(25)17-12(2)18(21-13(17)3)15(24)11-28-20-23-22-16(27-20)10-14-8-6-5-7-9-14/h5-9,21H,4,10-11H2,1-3H3. The number of H-pyrrole nitrogens is 1. The maximum Gasteiger partial charge on any atom is 0.340 e. The molecule has 0 saturated carbocycles. The molecule has 3 rings (SSSR count). The van der Waals surface area contributed by atoms with Crippen molar-refractivity contribution in [3.63, 3.8) is 0 Å². The third-order valence-electron chi connectivity index (χ3n) is 4.17. The van der Waals surface area contributed by atoms with Crippen molar-refractivity contribution in [1.82, 2.24) is 15.2 Å². The summed E-state index contributed by atoms with van der Waals surface area (Å²) in [5.74, 6) is 0.0419. The largest absolute Gasteiger partial charge is 0.462 e. The van der Waals surface area contributed by atoms with Gasteiger partial charge in [0.15, 0.2) is 5.78 Å². The number of ketones is 1. The van der Waals surface area contributed by atoms with Gasteiger partial charge in [-0.25, -0.2) is 4.79 Å². The number of nitrogens with one attached hydrogen (secondary N) is 1. The first-order chi connectivity index (χ1) is 13.5. The van der Waals surface area contributed by atoms with Crippen LogP contribution in [0.25, 0.3) is 0 Å². The third kappa shape index (κ3) is 4.51. The molecule has 3 aromatic rings. The average molecular weight is 399 g/mol. The molecule has 28 heavy (non-hydrogen) atoms. The minimum absolute atomic E-state index is 0.121. The van der Waals surface area contributed by atoms with E-state index in [0.29, 0.717) is 40.0 Å². The van der Waals surface area contributed by atoms with Gasteiger partial charge < -0.3 is 14.1 Å². The molecule has 0 radical (unpaired) electrons. The number of rotatable bonds is 8. The molecule has 0 aliphatic carbocycles. The highest BCUT2D eigenvalue weighted by molar-refractivity contribution is 7.99. The fourth-order valence-corrected chi connectivity index (χ4v) is 3.53. The molecule has 2 aromatic heterocycles. The third-order valence-corrected chi connectivity index (χ3v) is 4.99. The Labute approximate surface area is 166 Å². The van der Waals surface area contributed by atoms with E-state index in [1.165, 1.54) is 11.8 Å². The number of carbonyl (C=O) groups is 2. The summed E-state index contributed by atoms with van der Waals surface area (Å²) in [5.41, 5.74) is 3.10. The van der Waals surface area contributed by atoms with Crippen LogP contribution >= 0.6 is 11.8 Å². The molecule has 0 unspecified atom stereocenters. The number of hydrogen-bond donors (Lipinski definition) is 1. The quantitative estimate of drug-likeness (QED) is 0.350. The van der Waals surface area contributed by atoms with Gasteiger partial charge in [-0.1, -0.05) is 42.1 Å². The van der Waals surface area contributed by atoms with Gasteiger partial charge in [0, 0.05) is 5.69 Å². The summed E-state index contributed by atoms with van der Waals surface area (Å²) in [5, 5.41) is 8.35. The van der Waals surface area contributed by atoms with Crippen LogP contribution in [0.4, 0.5) is 0 Å². The highest BCUT2D eigenvalue weighted by Crippen LogP contribution is 2.23. The summed E-state index contributed by atoms with van der Waals surface area (Å²) in [7, 11) is 0. The average Bonchev–Trinajstić information content (AvgIpc) is 3.24. The van der Waals surface area contributed by atoms with Crippen LogP contribution in [0.2, 0.25) is 0 Å². The highest BCUT2D eigenvalue weighted by atomic mass is 32.2. The van der Waals surface area contributed by atoms with Crippen molar-refractivity contribution in [3.05, 3.63) is 64.3 Å². The fraction of sp³-hybridized carbons (Fsp3) is 0.300. The molecule has 1 aromatic carbocycles. The minimum atomic E-state index is -0.428. The van der Waals surface area contributed by atoms with Gasteiger partial charge in [-0.15, -0.1) is 10.2 Å². The van der Waals surface area contributed by atoms with Gasteiger partial charge in [0.1, 0.15) is 0 Å². The number of aromatic nitrogens is 3. The zero-order chi connectivity index (χ0) is 20.1. The van der Waals surface area contributed by atoms with Crippen molar-refractivity contribution in [3.8, 4) is 0 Å². The van der Waals surface area contributed by atoms with E-state index in [4.69, 9.17) is 9.15 Å². The summed E-state index contributed by atoms with van der Waals surface area (Å²) in [6.45, 7) is 5.51. The summed E-state index contributed by atoms with van der Waals surface area (Å²) < 4.78 is 10.7. The molecule has 146 valence electrons. The Morgan fingerprint density at radius 2 is 1.93 bits per heavy atom. The van der Waals surface area contributed by atoms with E-state index in [1.54, 1.807) is 20.8 Å². The number of benzene rings is 1. The minimum Gasteiger partial charge on any atom is -0.462 e. The fourth-order valence-electron chi connectivity index (χ4n) is 2.88. The molecule has 7 nitrogen and oxygen atoms in total. The Morgan fingerprint density at radius 1 is 1.18 bits per heavy atom. The van der Waals surface area contributed by atoms with Crippen molar-refractivity contribution in [1.29, 1.82) is 0 Å². The molecule has 1 N–H and O–H groups in total. The van der Waals surface area contributed by atoms with Crippen LogP contribution in [-0.2, 0) is 11.2 Å². The number of hydrogen-bond acceptors (Lipinski definition) is 7. The Balaban J connectivity index is 1.63. The Bertz CT molecular complexity index is 979. The number of aromatic amines is 1. The maximum absolute atomic E-state index is 12.6. The van der Waals surface area contributed by atoms with Crippen molar-refractivity contribution in [2.45, 2.75) is 32.4 Å². The van der Waals surface area contributed by atoms with Crippen molar-refractivity contribution in [2.24, 2.45) is 0 Å². The van der Waals surface area contributed by atoms with Crippen LogP contribution < -0.4 is 0 Å². The van der Waals surface area contributed by atoms with E-state index in [2.05, 4.69) is 15.2 Å². The van der Waals surface area contributed by atoms with E-state index in [-0.39, 0.29) is 18.1 Å². The first-order valence-electron chi connectivity index (χ1n) is 8.88. The molecular formula is C20H21N3O4S. The Kier molecular flexibility index (Phi) is 6.30. The molecule has 0 spiro atoms. The molecule has 0 amide bonds. The number of ether oxygens (including phenoxy) is 1. The lowest BCUT2D eigenvalue weighted by Gasteiger charge is -2.02. The van der Waals surface area contributed by atoms with Crippen LogP contribution in [0.1, 0.15) is 50.5 Å². The van der Waals surface area contributed by atoms with Gasteiger partial charge in [-0.05, 0) is 31.9 Å². The normalized spacial score (nSPS) is 10.8. The number of Topliss-reactive ketones (excluding diaryl/α,β-unsaturated/α-hetero) is 1. The molecular weight excluding hydrogens is 378 g/mol. The summed E-state index contributed by atoms with van der Waals surface area (Å²) >= 11 is 1.17. The first-order valence-corrected chi connectivity index (χ1v) is 9.86. The maximum atomic E-state index is 12.6. The van der Waals surface area contributed by atoms with Gasteiger partial charge in [0.2, 0.25) is 5.89 Å². The predicted octanol–water partition coefficient (Wildman–Crippen LogP) is 3.76. The topological polar surface area (TPSA) is 98.1 Å². The molecule has 0 saturated heterocycles. The van der Waals surface area contributed by atoms with Gasteiger partial charge in [-0.3, -0.25) is 4.79 Å². The van der Waals surface area contributed by atoms with E-state index >= 15 is 0 Å². The van der Waals surface area contributed by atoms with Crippen LogP contribution in [-0.4, -0.2) is 39.3 Å².